The molecule has 2 nitrogen and oxygen atoms in total. The second kappa shape index (κ2) is 3.90. The first-order valence-corrected chi connectivity index (χ1v) is 6.24. The van der Waals surface area contributed by atoms with Gasteiger partial charge in [0.05, 0.1) is 11.3 Å². The minimum atomic E-state index is -0.804. The highest BCUT2D eigenvalue weighted by molar-refractivity contribution is 9.10. The van der Waals surface area contributed by atoms with Crippen molar-refractivity contribution in [1.82, 2.24) is 4.57 Å². The van der Waals surface area contributed by atoms with Gasteiger partial charge < -0.3 is 9.67 Å². The maximum Gasteiger partial charge on any atom is 0.0989 e. The summed E-state index contributed by atoms with van der Waals surface area (Å²) in [7, 11) is 0. The van der Waals surface area contributed by atoms with E-state index in [1.54, 1.807) is 0 Å². The van der Waals surface area contributed by atoms with E-state index in [0.29, 0.717) is 0 Å². The van der Waals surface area contributed by atoms with Gasteiger partial charge in [-0.05, 0) is 45.0 Å². The molecule has 1 aromatic carbocycles. The molecule has 2 aromatic rings. The molecule has 0 atom stereocenters. The zero-order valence-electron chi connectivity index (χ0n) is 9.79. The van der Waals surface area contributed by atoms with Gasteiger partial charge >= 0.3 is 0 Å². The van der Waals surface area contributed by atoms with Crippen molar-refractivity contribution in [2.75, 3.05) is 0 Å². The van der Waals surface area contributed by atoms with Crippen molar-refractivity contribution in [2.24, 2.45) is 0 Å². The Balaban J connectivity index is 2.76. The molecule has 0 saturated heterocycles. The van der Waals surface area contributed by atoms with E-state index in [1.807, 2.05) is 19.9 Å². The van der Waals surface area contributed by atoms with Crippen LogP contribution in [0.25, 0.3) is 10.9 Å². The normalized spacial score (nSPS) is 12.3. The molecule has 1 heterocycles. The molecule has 3 heteroatoms. The number of benzene rings is 1. The number of halogens is 1. The van der Waals surface area contributed by atoms with Crippen molar-refractivity contribution in [2.45, 2.75) is 32.9 Å². The zero-order chi connectivity index (χ0) is 11.9. The Bertz CT molecular complexity index is 522. The third kappa shape index (κ3) is 1.89. The van der Waals surface area contributed by atoms with Crippen LogP contribution < -0.4 is 0 Å². The fourth-order valence-corrected chi connectivity index (χ4v) is 2.47. The Morgan fingerprint density at radius 2 is 2.00 bits per heavy atom. The molecule has 0 aliphatic heterocycles. The summed E-state index contributed by atoms with van der Waals surface area (Å²) in [6, 6.07) is 8.25. The van der Waals surface area contributed by atoms with Gasteiger partial charge in [-0.1, -0.05) is 15.9 Å². The second-order valence-corrected chi connectivity index (χ2v) is 5.45. The summed E-state index contributed by atoms with van der Waals surface area (Å²) in [4.78, 5) is 0. The van der Waals surface area contributed by atoms with Gasteiger partial charge in [0.15, 0.2) is 0 Å². The molecule has 2 rings (SSSR count). The van der Waals surface area contributed by atoms with E-state index in [1.165, 1.54) is 5.52 Å². The van der Waals surface area contributed by atoms with Crippen LogP contribution in [-0.2, 0) is 12.1 Å². The molecule has 16 heavy (non-hydrogen) atoms. The topological polar surface area (TPSA) is 25.2 Å². The summed E-state index contributed by atoms with van der Waals surface area (Å²) >= 11 is 3.47. The van der Waals surface area contributed by atoms with Crippen LogP contribution in [0.4, 0.5) is 0 Å². The van der Waals surface area contributed by atoms with Crippen molar-refractivity contribution in [3.8, 4) is 0 Å². The van der Waals surface area contributed by atoms with Crippen LogP contribution in [0, 0.1) is 0 Å². The fraction of sp³-hybridized carbons (Fsp3) is 0.385. The molecule has 0 aliphatic carbocycles. The molecule has 0 radical (unpaired) electrons. The van der Waals surface area contributed by atoms with Crippen LogP contribution in [0.2, 0.25) is 0 Å². The van der Waals surface area contributed by atoms with Crippen LogP contribution in [0.15, 0.2) is 28.7 Å². The summed E-state index contributed by atoms with van der Waals surface area (Å²) in [6.45, 7) is 6.60. The summed E-state index contributed by atoms with van der Waals surface area (Å²) < 4.78 is 3.22. The fourth-order valence-electron chi connectivity index (χ4n) is 2.09. The average Bonchev–Trinajstić information content (AvgIpc) is 2.54. The third-order valence-corrected chi connectivity index (χ3v) is 3.30. The molecule has 1 N–H and O–H groups in total. The first kappa shape index (κ1) is 11.7. The monoisotopic (exact) mass is 281 g/mol. The van der Waals surface area contributed by atoms with Crippen LogP contribution >= 0.6 is 15.9 Å². The molecule has 1 aromatic heterocycles. The minimum absolute atomic E-state index is 0.804. The van der Waals surface area contributed by atoms with E-state index in [-0.39, 0.29) is 0 Å². The third-order valence-electron chi connectivity index (χ3n) is 2.81. The van der Waals surface area contributed by atoms with Crippen molar-refractivity contribution in [1.29, 1.82) is 0 Å². The predicted octanol–water partition coefficient (Wildman–Crippen LogP) is 3.65. The first-order valence-electron chi connectivity index (χ1n) is 5.45. The number of hydrogen-bond acceptors (Lipinski definition) is 1. The molecule has 0 fully saturated rings. The minimum Gasteiger partial charge on any atom is -0.384 e. The van der Waals surface area contributed by atoms with Gasteiger partial charge in [-0.2, -0.15) is 0 Å². The van der Waals surface area contributed by atoms with E-state index >= 15 is 0 Å². The summed E-state index contributed by atoms with van der Waals surface area (Å²) in [5.74, 6) is 0. The molecule has 0 saturated carbocycles. The Morgan fingerprint density at radius 3 is 2.56 bits per heavy atom. The Hall–Kier alpha value is -0.800. The van der Waals surface area contributed by atoms with Gasteiger partial charge in [-0.25, -0.2) is 0 Å². The van der Waals surface area contributed by atoms with Crippen molar-refractivity contribution in [3.05, 3.63) is 34.4 Å². The van der Waals surface area contributed by atoms with Crippen LogP contribution in [-0.4, -0.2) is 9.67 Å². The largest absolute Gasteiger partial charge is 0.384 e. The van der Waals surface area contributed by atoms with Gasteiger partial charge in [-0.3, -0.25) is 0 Å². The van der Waals surface area contributed by atoms with E-state index in [4.69, 9.17) is 0 Å². The SMILES string of the molecule is CCn1c(C(C)(C)O)cc2cc(Br)ccc21. The highest BCUT2D eigenvalue weighted by atomic mass is 79.9. The molecule has 0 aliphatic rings. The lowest BCUT2D eigenvalue weighted by Crippen LogP contribution is -2.20. The van der Waals surface area contributed by atoms with Gasteiger partial charge in [0.1, 0.15) is 0 Å². The Labute approximate surface area is 104 Å². The molecular formula is C13H16BrNO. The maximum absolute atomic E-state index is 10.1. The number of aryl methyl sites for hydroxylation is 1. The van der Waals surface area contributed by atoms with Gasteiger partial charge in [0, 0.05) is 21.9 Å². The number of aliphatic hydroxyl groups is 1. The molecule has 0 bridgehead atoms. The Morgan fingerprint density at radius 1 is 1.31 bits per heavy atom. The van der Waals surface area contributed by atoms with E-state index in [0.717, 1.165) is 22.1 Å². The van der Waals surface area contributed by atoms with E-state index < -0.39 is 5.60 Å². The van der Waals surface area contributed by atoms with Gasteiger partial charge in [-0.15, -0.1) is 0 Å². The van der Waals surface area contributed by atoms with Crippen LogP contribution in [0.5, 0.6) is 0 Å². The number of nitrogens with zero attached hydrogens (tertiary/aromatic N) is 1. The zero-order valence-corrected chi connectivity index (χ0v) is 11.4. The van der Waals surface area contributed by atoms with Crippen molar-refractivity contribution < 1.29 is 5.11 Å². The molecule has 0 unspecified atom stereocenters. The summed E-state index contributed by atoms with van der Waals surface area (Å²) in [5, 5.41) is 11.3. The van der Waals surface area contributed by atoms with Crippen LogP contribution in [0.3, 0.4) is 0 Å². The summed E-state index contributed by atoms with van der Waals surface area (Å²) in [5.41, 5.74) is 1.33. The highest BCUT2D eigenvalue weighted by Crippen LogP contribution is 2.29. The average molecular weight is 282 g/mol. The number of fused-ring (bicyclic) bond motifs is 1. The number of rotatable bonds is 2. The number of hydrogen-bond donors (Lipinski definition) is 1. The number of aromatic nitrogens is 1. The molecule has 0 spiro atoms. The first-order chi connectivity index (χ1) is 7.43. The highest BCUT2D eigenvalue weighted by Gasteiger charge is 2.21. The lowest BCUT2D eigenvalue weighted by atomic mass is 10.1. The summed E-state index contributed by atoms with van der Waals surface area (Å²) in [6.07, 6.45) is 0. The van der Waals surface area contributed by atoms with E-state index in [9.17, 15) is 5.11 Å². The lowest BCUT2D eigenvalue weighted by molar-refractivity contribution is 0.0704. The molecule has 0 amide bonds. The predicted molar refractivity (Wildman–Crippen MR) is 70.6 cm³/mol. The van der Waals surface area contributed by atoms with Crippen molar-refractivity contribution >= 4 is 26.8 Å². The second-order valence-electron chi connectivity index (χ2n) is 4.54. The van der Waals surface area contributed by atoms with Gasteiger partial charge in [0.25, 0.3) is 0 Å². The lowest BCUT2D eigenvalue weighted by Gasteiger charge is -2.20. The van der Waals surface area contributed by atoms with E-state index in [2.05, 4.69) is 45.6 Å². The smallest absolute Gasteiger partial charge is 0.0989 e. The molecular weight excluding hydrogens is 266 g/mol. The maximum atomic E-state index is 10.1. The van der Waals surface area contributed by atoms with Gasteiger partial charge in [0.2, 0.25) is 0 Å². The Kier molecular flexibility index (Phi) is 2.84. The molecule has 86 valence electrons. The standard InChI is InChI=1S/C13H16BrNO/c1-4-15-11-6-5-10(14)7-9(11)8-12(15)13(2,3)16/h5-8,16H,4H2,1-3H3. The quantitative estimate of drug-likeness (QED) is 0.893. The van der Waals surface area contributed by atoms with Crippen LogP contribution in [0.1, 0.15) is 26.5 Å². The van der Waals surface area contributed by atoms with Crippen molar-refractivity contribution in [3.63, 3.8) is 0 Å².